The van der Waals surface area contributed by atoms with E-state index in [2.05, 4.69) is 30.3 Å². The number of carbonyl (C=O) groups excluding carboxylic acids is 1. The molecule has 0 bridgehead atoms. The Morgan fingerprint density at radius 3 is 2.20 bits per heavy atom. The van der Waals surface area contributed by atoms with Crippen LogP contribution in [0.2, 0.25) is 0 Å². The van der Waals surface area contributed by atoms with Crippen LogP contribution in [-0.2, 0) is 9.53 Å². The number of aliphatic hydroxyl groups excluding tert-OH is 1. The van der Waals surface area contributed by atoms with Gasteiger partial charge in [-0.2, -0.15) is 0 Å². The van der Waals surface area contributed by atoms with Crippen LogP contribution in [0, 0.1) is 0 Å². The van der Waals surface area contributed by atoms with Crippen LogP contribution in [0.1, 0.15) is 24.8 Å². The standard InChI is InChI=1S/C22H22O3/c23-14-6-1-7-15-25-22(24)13-12-21-19-10-4-2-8-17(19)16-18-9-3-5-11-20(18)21/h2-5,8-13,16,23H,1,6-7,14-15H2/b13-12+. The molecule has 0 saturated heterocycles. The summed E-state index contributed by atoms with van der Waals surface area (Å²) in [6.45, 7) is 0.571. The number of aliphatic hydroxyl groups is 1. The highest BCUT2D eigenvalue weighted by atomic mass is 16.5. The van der Waals surface area contributed by atoms with Gasteiger partial charge in [-0.15, -0.1) is 0 Å². The number of rotatable bonds is 7. The molecule has 0 aliphatic rings. The third-order valence-corrected chi connectivity index (χ3v) is 4.25. The van der Waals surface area contributed by atoms with Gasteiger partial charge in [-0.05, 0) is 58.5 Å². The molecule has 0 aliphatic heterocycles. The smallest absolute Gasteiger partial charge is 0.330 e. The lowest BCUT2D eigenvalue weighted by Gasteiger charge is -2.08. The highest BCUT2D eigenvalue weighted by Gasteiger charge is 2.05. The first-order valence-electron chi connectivity index (χ1n) is 8.66. The first-order chi connectivity index (χ1) is 12.3. The van der Waals surface area contributed by atoms with Gasteiger partial charge in [-0.1, -0.05) is 48.5 Å². The van der Waals surface area contributed by atoms with Crippen LogP contribution >= 0.6 is 0 Å². The molecule has 3 aromatic rings. The molecular weight excluding hydrogens is 312 g/mol. The fraction of sp³-hybridized carbons (Fsp3) is 0.227. The van der Waals surface area contributed by atoms with E-state index in [0.717, 1.165) is 46.4 Å². The molecule has 0 radical (unpaired) electrons. The van der Waals surface area contributed by atoms with Crippen LogP contribution in [0.15, 0.2) is 60.7 Å². The number of unbranched alkanes of at least 4 members (excludes halogenated alkanes) is 2. The molecule has 25 heavy (non-hydrogen) atoms. The Kier molecular flexibility index (Phi) is 5.81. The lowest BCUT2D eigenvalue weighted by molar-refractivity contribution is -0.137. The second-order valence-electron chi connectivity index (χ2n) is 6.02. The van der Waals surface area contributed by atoms with Crippen molar-refractivity contribution in [3.63, 3.8) is 0 Å². The predicted molar refractivity (Wildman–Crippen MR) is 102 cm³/mol. The Balaban J connectivity index is 1.83. The van der Waals surface area contributed by atoms with E-state index in [4.69, 9.17) is 9.84 Å². The van der Waals surface area contributed by atoms with Crippen LogP contribution in [-0.4, -0.2) is 24.3 Å². The molecule has 0 aliphatic carbocycles. The molecule has 0 saturated carbocycles. The van der Waals surface area contributed by atoms with E-state index in [1.165, 1.54) is 6.08 Å². The second-order valence-corrected chi connectivity index (χ2v) is 6.02. The Hall–Kier alpha value is -2.65. The summed E-state index contributed by atoms with van der Waals surface area (Å²) in [6, 6.07) is 18.5. The normalized spacial score (nSPS) is 11.4. The maximum atomic E-state index is 12.0. The molecular formula is C22H22O3. The third kappa shape index (κ3) is 4.25. The molecule has 0 fully saturated rings. The Morgan fingerprint density at radius 1 is 0.920 bits per heavy atom. The van der Waals surface area contributed by atoms with Crippen molar-refractivity contribution in [1.82, 2.24) is 0 Å². The Labute approximate surface area is 147 Å². The van der Waals surface area contributed by atoms with E-state index < -0.39 is 0 Å². The number of esters is 1. The molecule has 0 unspecified atom stereocenters. The number of carbonyl (C=O) groups is 1. The summed E-state index contributed by atoms with van der Waals surface area (Å²) >= 11 is 0. The molecule has 3 heteroatoms. The Morgan fingerprint density at radius 2 is 1.56 bits per heavy atom. The van der Waals surface area contributed by atoms with E-state index in [1.807, 2.05) is 30.3 Å². The quantitative estimate of drug-likeness (QED) is 0.294. The van der Waals surface area contributed by atoms with E-state index in [9.17, 15) is 4.79 Å². The van der Waals surface area contributed by atoms with E-state index >= 15 is 0 Å². The molecule has 0 amide bonds. The van der Waals surface area contributed by atoms with Crippen molar-refractivity contribution in [2.45, 2.75) is 19.3 Å². The number of hydrogen-bond acceptors (Lipinski definition) is 3. The first kappa shape index (κ1) is 17.2. The summed E-state index contributed by atoms with van der Waals surface area (Å²) in [5, 5.41) is 13.3. The average Bonchev–Trinajstić information content (AvgIpc) is 2.65. The van der Waals surface area contributed by atoms with Crippen LogP contribution in [0.25, 0.3) is 27.6 Å². The summed E-state index contributed by atoms with van der Waals surface area (Å²) in [5.74, 6) is -0.332. The lowest BCUT2D eigenvalue weighted by atomic mass is 9.96. The maximum Gasteiger partial charge on any atom is 0.330 e. The molecule has 128 valence electrons. The lowest BCUT2D eigenvalue weighted by Crippen LogP contribution is -2.02. The van der Waals surface area contributed by atoms with Gasteiger partial charge in [0.15, 0.2) is 0 Å². The average molecular weight is 334 g/mol. The maximum absolute atomic E-state index is 12.0. The number of ether oxygens (including phenoxy) is 1. The number of benzene rings is 3. The summed E-state index contributed by atoms with van der Waals surface area (Å²) in [7, 11) is 0. The molecule has 0 aromatic heterocycles. The number of hydrogen-bond donors (Lipinski definition) is 1. The Bertz CT molecular complexity index is 842. The van der Waals surface area contributed by atoms with Gasteiger partial charge in [-0.3, -0.25) is 0 Å². The monoisotopic (exact) mass is 334 g/mol. The van der Waals surface area contributed by atoms with Crippen molar-refractivity contribution in [3.05, 3.63) is 66.2 Å². The van der Waals surface area contributed by atoms with Crippen molar-refractivity contribution in [3.8, 4) is 0 Å². The van der Waals surface area contributed by atoms with Gasteiger partial charge in [-0.25, -0.2) is 4.79 Å². The SMILES string of the molecule is O=C(/C=C/c1c2ccccc2cc2ccccc12)OCCCCCO. The highest BCUT2D eigenvalue weighted by Crippen LogP contribution is 2.29. The van der Waals surface area contributed by atoms with Gasteiger partial charge in [0, 0.05) is 12.7 Å². The fourth-order valence-electron chi connectivity index (χ4n) is 2.99. The van der Waals surface area contributed by atoms with Gasteiger partial charge in [0.1, 0.15) is 0 Å². The molecule has 3 rings (SSSR count). The summed E-state index contributed by atoms with van der Waals surface area (Å²) < 4.78 is 5.23. The summed E-state index contributed by atoms with van der Waals surface area (Å²) in [4.78, 5) is 12.0. The zero-order valence-corrected chi connectivity index (χ0v) is 14.2. The largest absolute Gasteiger partial charge is 0.463 e. The van der Waals surface area contributed by atoms with Crippen molar-refractivity contribution in [1.29, 1.82) is 0 Å². The summed E-state index contributed by atoms with van der Waals surface area (Å²) in [5.41, 5.74) is 1.03. The van der Waals surface area contributed by atoms with Gasteiger partial charge < -0.3 is 9.84 Å². The minimum absolute atomic E-state index is 0.183. The molecule has 0 spiro atoms. The van der Waals surface area contributed by atoms with Gasteiger partial charge in [0.05, 0.1) is 6.61 Å². The van der Waals surface area contributed by atoms with Crippen LogP contribution < -0.4 is 0 Å². The third-order valence-electron chi connectivity index (χ3n) is 4.25. The molecule has 3 nitrogen and oxygen atoms in total. The van der Waals surface area contributed by atoms with E-state index in [-0.39, 0.29) is 12.6 Å². The van der Waals surface area contributed by atoms with Crippen LogP contribution in [0.3, 0.4) is 0 Å². The van der Waals surface area contributed by atoms with Crippen molar-refractivity contribution in [2.75, 3.05) is 13.2 Å². The fourth-order valence-corrected chi connectivity index (χ4v) is 2.99. The van der Waals surface area contributed by atoms with Gasteiger partial charge >= 0.3 is 5.97 Å². The molecule has 1 N–H and O–H groups in total. The highest BCUT2D eigenvalue weighted by molar-refractivity contribution is 6.07. The van der Waals surface area contributed by atoms with Crippen molar-refractivity contribution in [2.24, 2.45) is 0 Å². The van der Waals surface area contributed by atoms with Crippen molar-refractivity contribution >= 4 is 33.6 Å². The second kappa shape index (κ2) is 8.45. The minimum Gasteiger partial charge on any atom is -0.463 e. The topological polar surface area (TPSA) is 46.5 Å². The van der Waals surface area contributed by atoms with Crippen molar-refractivity contribution < 1.29 is 14.6 Å². The molecule has 0 atom stereocenters. The molecule has 3 aromatic carbocycles. The molecule has 0 heterocycles. The van der Waals surface area contributed by atoms with Gasteiger partial charge in [0.2, 0.25) is 0 Å². The van der Waals surface area contributed by atoms with Gasteiger partial charge in [0.25, 0.3) is 0 Å². The zero-order valence-electron chi connectivity index (χ0n) is 14.2. The van der Waals surface area contributed by atoms with Crippen LogP contribution in [0.5, 0.6) is 0 Å². The zero-order chi connectivity index (χ0) is 17.5. The minimum atomic E-state index is -0.332. The predicted octanol–water partition coefficient (Wildman–Crippen LogP) is 4.71. The van der Waals surface area contributed by atoms with Crippen LogP contribution in [0.4, 0.5) is 0 Å². The number of fused-ring (bicyclic) bond motifs is 2. The van der Waals surface area contributed by atoms with E-state index in [0.29, 0.717) is 6.61 Å². The first-order valence-corrected chi connectivity index (χ1v) is 8.66. The van der Waals surface area contributed by atoms with E-state index in [1.54, 1.807) is 0 Å². The summed E-state index contributed by atoms with van der Waals surface area (Å²) in [6.07, 6.45) is 5.73.